The summed E-state index contributed by atoms with van der Waals surface area (Å²) in [7, 11) is 0. The molecule has 1 aromatic heterocycles. The van der Waals surface area contributed by atoms with E-state index in [1.807, 2.05) is 6.07 Å². The molecule has 0 aliphatic rings. The summed E-state index contributed by atoms with van der Waals surface area (Å²) in [5.41, 5.74) is 1.02. The van der Waals surface area contributed by atoms with Crippen molar-refractivity contribution in [2.75, 3.05) is 5.32 Å². The largest absolute Gasteiger partial charge is 0.334 e. The van der Waals surface area contributed by atoms with Crippen LogP contribution in [0.1, 0.15) is 18.1 Å². The number of nitrogens with one attached hydrogen (secondary N) is 2. The molecular formula is C15H15F2N3O. The molecule has 0 saturated heterocycles. The highest BCUT2D eigenvalue weighted by Gasteiger charge is 2.24. The average Bonchev–Trinajstić information content (AvgIpc) is 2.46. The number of pyridine rings is 1. The Morgan fingerprint density at radius 1 is 1.29 bits per heavy atom. The maximum Gasteiger partial charge on any atom is 0.319 e. The minimum atomic E-state index is -2.94. The van der Waals surface area contributed by atoms with Crippen LogP contribution in [0, 0.1) is 0 Å². The van der Waals surface area contributed by atoms with Gasteiger partial charge in [0.2, 0.25) is 0 Å². The molecule has 4 nitrogen and oxygen atoms in total. The van der Waals surface area contributed by atoms with E-state index < -0.39 is 12.0 Å². The van der Waals surface area contributed by atoms with Gasteiger partial charge in [-0.2, -0.15) is 0 Å². The lowest BCUT2D eigenvalue weighted by Crippen LogP contribution is -2.28. The third kappa shape index (κ3) is 4.52. The SMILES string of the molecule is CC(F)(F)c1cccc(NC(=O)NCc2cccnc2)c1. The summed E-state index contributed by atoms with van der Waals surface area (Å²) in [4.78, 5) is 15.6. The number of urea groups is 1. The van der Waals surface area contributed by atoms with E-state index in [1.165, 1.54) is 18.2 Å². The smallest absolute Gasteiger partial charge is 0.319 e. The lowest BCUT2D eigenvalue weighted by molar-refractivity contribution is 0.0175. The molecular weight excluding hydrogens is 276 g/mol. The summed E-state index contributed by atoms with van der Waals surface area (Å²) >= 11 is 0. The minimum absolute atomic E-state index is 0.146. The minimum Gasteiger partial charge on any atom is -0.334 e. The molecule has 0 radical (unpaired) electrons. The monoisotopic (exact) mass is 291 g/mol. The van der Waals surface area contributed by atoms with E-state index in [2.05, 4.69) is 15.6 Å². The predicted octanol–water partition coefficient (Wildman–Crippen LogP) is 3.52. The van der Waals surface area contributed by atoms with Crippen LogP contribution in [0.2, 0.25) is 0 Å². The van der Waals surface area contributed by atoms with Crippen molar-refractivity contribution in [1.82, 2.24) is 10.3 Å². The lowest BCUT2D eigenvalue weighted by atomic mass is 10.1. The number of halogens is 2. The Kier molecular flexibility index (Phi) is 4.47. The lowest BCUT2D eigenvalue weighted by Gasteiger charge is -2.13. The fourth-order valence-electron chi connectivity index (χ4n) is 1.73. The van der Waals surface area contributed by atoms with Crippen LogP contribution in [0.4, 0.5) is 19.3 Å². The number of carbonyl (C=O) groups excluding carboxylic acids is 1. The number of amides is 2. The fourth-order valence-corrected chi connectivity index (χ4v) is 1.73. The van der Waals surface area contributed by atoms with Crippen molar-refractivity contribution >= 4 is 11.7 Å². The van der Waals surface area contributed by atoms with Gasteiger partial charge in [-0.1, -0.05) is 18.2 Å². The number of anilines is 1. The Labute approximate surface area is 121 Å². The molecule has 2 rings (SSSR count). The molecule has 0 unspecified atom stereocenters. The van der Waals surface area contributed by atoms with E-state index in [4.69, 9.17) is 0 Å². The number of nitrogens with zero attached hydrogens (tertiary/aromatic N) is 1. The molecule has 0 saturated carbocycles. The number of hydrogen-bond acceptors (Lipinski definition) is 2. The van der Waals surface area contributed by atoms with E-state index in [-0.39, 0.29) is 5.56 Å². The summed E-state index contributed by atoms with van der Waals surface area (Å²) in [6.45, 7) is 1.12. The number of benzene rings is 1. The molecule has 2 aromatic rings. The molecule has 1 aromatic carbocycles. The summed E-state index contributed by atoms with van der Waals surface area (Å²) < 4.78 is 26.4. The first kappa shape index (κ1) is 14.9. The molecule has 0 spiro atoms. The van der Waals surface area contributed by atoms with Crippen LogP contribution in [-0.4, -0.2) is 11.0 Å². The quantitative estimate of drug-likeness (QED) is 0.905. The molecule has 0 fully saturated rings. The van der Waals surface area contributed by atoms with Gasteiger partial charge in [0.25, 0.3) is 5.92 Å². The van der Waals surface area contributed by atoms with Crippen molar-refractivity contribution in [2.45, 2.75) is 19.4 Å². The predicted molar refractivity (Wildman–Crippen MR) is 76.1 cm³/mol. The van der Waals surface area contributed by atoms with E-state index >= 15 is 0 Å². The first-order chi connectivity index (χ1) is 9.95. The number of rotatable bonds is 4. The van der Waals surface area contributed by atoms with Crippen LogP contribution >= 0.6 is 0 Å². The van der Waals surface area contributed by atoms with Gasteiger partial charge in [-0.3, -0.25) is 4.98 Å². The summed E-state index contributed by atoms with van der Waals surface area (Å²) in [5, 5.41) is 5.15. The van der Waals surface area contributed by atoms with Crippen molar-refractivity contribution in [3.63, 3.8) is 0 Å². The van der Waals surface area contributed by atoms with Gasteiger partial charge in [-0.15, -0.1) is 0 Å². The summed E-state index contributed by atoms with van der Waals surface area (Å²) in [6.07, 6.45) is 3.28. The summed E-state index contributed by atoms with van der Waals surface area (Å²) in [5.74, 6) is -2.94. The molecule has 0 atom stereocenters. The van der Waals surface area contributed by atoms with Crippen molar-refractivity contribution in [3.05, 3.63) is 59.9 Å². The number of aromatic nitrogens is 1. The molecule has 0 bridgehead atoms. The molecule has 110 valence electrons. The van der Waals surface area contributed by atoms with Gasteiger partial charge in [0.1, 0.15) is 0 Å². The second kappa shape index (κ2) is 6.30. The highest BCUT2D eigenvalue weighted by Crippen LogP contribution is 2.28. The Hall–Kier alpha value is -2.50. The number of carbonyl (C=O) groups is 1. The second-order valence-corrected chi connectivity index (χ2v) is 4.64. The molecule has 21 heavy (non-hydrogen) atoms. The molecule has 2 amide bonds. The van der Waals surface area contributed by atoms with Crippen molar-refractivity contribution in [3.8, 4) is 0 Å². The number of alkyl halides is 2. The molecule has 1 heterocycles. The van der Waals surface area contributed by atoms with Gasteiger partial charge in [0, 0.05) is 37.1 Å². The highest BCUT2D eigenvalue weighted by molar-refractivity contribution is 5.89. The van der Waals surface area contributed by atoms with Crippen LogP contribution in [0.15, 0.2) is 48.8 Å². The van der Waals surface area contributed by atoms with E-state index in [1.54, 1.807) is 24.5 Å². The second-order valence-electron chi connectivity index (χ2n) is 4.64. The van der Waals surface area contributed by atoms with Gasteiger partial charge in [-0.05, 0) is 23.8 Å². The molecule has 2 N–H and O–H groups in total. The zero-order valence-corrected chi connectivity index (χ0v) is 11.4. The van der Waals surface area contributed by atoms with Crippen LogP contribution in [0.25, 0.3) is 0 Å². The Morgan fingerprint density at radius 2 is 2.10 bits per heavy atom. The fraction of sp³-hybridized carbons (Fsp3) is 0.200. The first-order valence-corrected chi connectivity index (χ1v) is 6.37. The molecule has 0 aliphatic carbocycles. The zero-order chi connectivity index (χ0) is 15.3. The standard InChI is InChI=1S/C15H15F2N3O/c1-15(16,17)12-5-2-6-13(8-12)20-14(21)19-10-11-4-3-7-18-9-11/h2-9H,10H2,1H3,(H2,19,20,21). The van der Waals surface area contributed by atoms with Gasteiger partial charge >= 0.3 is 6.03 Å². The van der Waals surface area contributed by atoms with E-state index in [0.29, 0.717) is 12.2 Å². The molecule has 0 aliphatic heterocycles. The van der Waals surface area contributed by atoms with E-state index in [9.17, 15) is 13.6 Å². The Balaban J connectivity index is 1.94. The van der Waals surface area contributed by atoms with Crippen LogP contribution in [-0.2, 0) is 12.5 Å². The maximum atomic E-state index is 13.2. The molecule has 6 heteroatoms. The third-order valence-electron chi connectivity index (χ3n) is 2.80. The zero-order valence-electron chi connectivity index (χ0n) is 11.4. The van der Waals surface area contributed by atoms with Crippen molar-refractivity contribution < 1.29 is 13.6 Å². The van der Waals surface area contributed by atoms with Crippen LogP contribution in [0.3, 0.4) is 0 Å². The Bertz CT molecular complexity index is 612. The average molecular weight is 291 g/mol. The topological polar surface area (TPSA) is 54.0 Å². The van der Waals surface area contributed by atoms with Gasteiger partial charge in [0.15, 0.2) is 0 Å². The van der Waals surface area contributed by atoms with Gasteiger partial charge < -0.3 is 10.6 Å². The first-order valence-electron chi connectivity index (χ1n) is 6.37. The van der Waals surface area contributed by atoms with Crippen LogP contribution < -0.4 is 10.6 Å². The highest BCUT2D eigenvalue weighted by atomic mass is 19.3. The van der Waals surface area contributed by atoms with E-state index in [0.717, 1.165) is 12.5 Å². The normalized spacial score (nSPS) is 11.0. The van der Waals surface area contributed by atoms with Gasteiger partial charge in [-0.25, -0.2) is 13.6 Å². The maximum absolute atomic E-state index is 13.2. The van der Waals surface area contributed by atoms with Gasteiger partial charge in [0.05, 0.1) is 0 Å². The van der Waals surface area contributed by atoms with Crippen molar-refractivity contribution in [2.24, 2.45) is 0 Å². The summed E-state index contributed by atoms with van der Waals surface area (Å²) in [6, 6.07) is 8.73. The Morgan fingerprint density at radius 3 is 2.76 bits per heavy atom. The van der Waals surface area contributed by atoms with Crippen molar-refractivity contribution in [1.29, 1.82) is 0 Å². The number of hydrogen-bond donors (Lipinski definition) is 2. The third-order valence-corrected chi connectivity index (χ3v) is 2.80. The van der Waals surface area contributed by atoms with Crippen LogP contribution in [0.5, 0.6) is 0 Å².